The van der Waals surface area contributed by atoms with Gasteiger partial charge < -0.3 is 4.90 Å². The van der Waals surface area contributed by atoms with Crippen LogP contribution >= 0.6 is 0 Å². The van der Waals surface area contributed by atoms with Gasteiger partial charge in [0.05, 0.1) is 10.9 Å². The van der Waals surface area contributed by atoms with Crippen LogP contribution < -0.4 is 9.62 Å². The van der Waals surface area contributed by atoms with E-state index in [0.717, 1.165) is 24.9 Å². The zero-order chi connectivity index (χ0) is 17.4. The summed E-state index contributed by atoms with van der Waals surface area (Å²) in [5.41, 5.74) is 1.54. The number of sulfonamides is 1. The van der Waals surface area contributed by atoms with Crippen LogP contribution in [0.25, 0.3) is 0 Å². The predicted octanol–water partition coefficient (Wildman–Crippen LogP) is 3.52. The second kappa shape index (κ2) is 6.39. The Morgan fingerprint density at radius 3 is 2.54 bits per heavy atom. The summed E-state index contributed by atoms with van der Waals surface area (Å²) in [6.45, 7) is 5.09. The van der Waals surface area contributed by atoms with Crippen LogP contribution in [0.5, 0.6) is 0 Å². The Hall–Kier alpha value is -1.56. The fourth-order valence-corrected chi connectivity index (χ4v) is 5.07. The first-order chi connectivity index (χ1) is 11.3. The summed E-state index contributed by atoms with van der Waals surface area (Å²) >= 11 is 0. The van der Waals surface area contributed by atoms with Gasteiger partial charge in [0.15, 0.2) is 0 Å². The molecule has 6 heteroatoms. The maximum Gasteiger partial charge on any atom is 0.235 e. The second-order valence-corrected chi connectivity index (χ2v) is 9.67. The average molecular weight is 350 g/mol. The molecule has 1 amide bonds. The van der Waals surface area contributed by atoms with Crippen molar-refractivity contribution in [3.05, 3.63) is 24.3 Å². The highest BCUT2D eigenvalue weighted by Crippen LogP contribution is 2.38. The molecule has 0 bridgehead atoms. The molecule has 1 saturated heterocycles. The van der Waals surface area contributed by atoms with E-state index in [1.807, 2.05) is 6.07 Å². The summed E-state index contributed by atoms with van der Waals surface area (Å²) in [6.07, 6.45) is 4.68. The maximum atomic E-state index is 12.7. The lowest BCUT2D eigenvalue weighted by Gasteiger charge is -2.34. The smallest absolute Gasteiger partial charge is 0.235 e. The monoisotopic (exact) mass is 350 g/mol. The van der Waals surface area contributed by atoms with Crippen LogP contribution in [0.1, 0.15) is 52.4 Å². The molecule has 1 aromatic rings. The number of hydrogen-bond acceptors (Lipinski definition) is 3. The van der Waals surface area contributed by atoms with Crippen LogP contribution in [0.15, 0.2) is 24.3 Å². The summed E-state index contributed by atoms with van der Waals surface area (Å²) in [6, 6.07) is 7.15. The minimum Gasteiger partial charge on any atom is -0.312 e. The van der Waals surface area contributed by atoms with E-state index in [4.69, 9.17) is 0 Å². The molecule has 0 radical (unpaired) electrons. The molecule has 1 saturated carbocycles. The van der Waals surface area contributed by atoms with Gasteiger partial charge in [0.25, 0.3) is 0 Å². The van der Waals surface area contributed by atoms with Gasteiger partial charge in [0.2, 0.25) is 15.9 Å². The van der Waals surface area contributed by atoms with Gasteiger partial charge in [-0.25, -0.2) is 8.42 Å². The van der Waals surface area contributed by atoms with Gasteiger partial charge in [-0.3, -0.25) is 9.52 Å². The number of carbonyl (C=O) groups is 1. The highest BCUT2D eigenvalue weighted by atomic mass is 32.2. The van der Waals surface area contributed by atoms with Crippen molar-refractivity contribution in [2.45, 2.75) is 57.6 Å². The molecule has 1 heterocycles. The molecule has 0 aromatic heterocycles. The number of rotatable bonds is 4. The third kappa shape index (κ3) is 3.74. The molecular formula is C18H26N2O3S. The average Bonchev–Trinajstić information content (AvgIpc) is 2.93. The molecule has 1 aliphatic carbocycles. The van der Waals surface area contributed by atoms with Crippen LogP contribution in [0.4, 0.5) is 11.4 Å². The van der Waals surface area contributed by atoms with Crippen LogP contribution in [-0.2, 0) is 14.8 Å². The topological polar surface area (TPSA) is 66.5 Å². The van der Waals surface area contributed by atoms with Gasteiger partial charge in [-0.1, -0.05) is 19.9 Å². The molecule has 2 fully saturated rings. The van der Waals surface area contributed by atoms with Crippen molar-refractivity contribution in [1.82, 2.24) is 0 Å². The van der Waals surface area contributed by atoms with Crippen LogP contribution in [0, 0.1) is 5.41 Å². The fourth-order valence-electron chi connectivity index (χ4n) is 3.59. The summed E-state index contributed by atoms with van der Waals surface area (Å²) in [7, 11) is -3.39. The van der Waals surface area contributed by atoms with Crippen molar-refractivity contribution < 1.29 is 13.2 Å². The fraction of sp³-hybridized carbons (Fsp3) is 0.611. The Labute approximate surface area is 144 Å². The molecule has 5 nitrogen and oxygen atoms in total. The standard InChI is InChI=1S/C18H26N2O3S/c1-18(2)10-8-16(9-11-18)24(22,23)19-14-5-3-6-15(13-14)20-12-4-7-17(20)21/h3,5-6,13,16,19H,4,7-12H2,1-2H3. The number of nitrogens with one attached hydrogen (secondary N) is 1. The van der Waals surface area contributed by atoms with Crippen molar-refractivity contribution in [3.8, 4) is 0 Å². The first-order valence-electron chi connectivity index (χ1n) is 8.69. The van der Waals surface area contributed by atoms with Gasteiger partial charge in [0, 0.05) is 18.7 Å². The van der Waals surface area contributed by atoms with Crippen molar-refractivity contribution >= 4 is 27.3 Å². The molecule has 1 aliphatic heterocycles. The largest absolute Gasteiger partial charge is 0.312 e. The van der Waals surface area contributed by atoms with Gasteiger partial charge in [-0.05, 0) is 55.7 Å². The Morgan fingerprint density at radius 1 is 1.21 bits per heavy atom. The van der Waals surface area contributed by atoms with E-state index in [9.17, 15) is 13.2 Å². The number of amides is 1. The first-order valence-corrected chi connectivity index (χ1v) is 10.2. The lowest BCUT2D eigenvalue weighted by molar-refractivity contribution is -0.117. The Bertz CT molecular complexity index is 718. The van der Waals surface area contributed by atoms with E-state index in [2.05, 4.69) is 18.6 Å². The molecule has 1 aromatic carbocycles. The third-order valence-corrected chi connectivity index (χ3v) is 7.09. The molecule has 0 spiro atoms. The van der Waals surface area contributed by atoms with Gasteiger partial charge >= 0.3 is 0 Å². The quantitative estimate of drug-likeness (QED) is 0.903. The van der Waals surface area contributed by atoms with E-state index in [1.54, 1.807) is 23.1 Å². The molecular weight excluding hydrogens is 324 g/mol. The Kier molecular flexibility index (Phi) is 4.60. The molecule has 0 atom stereocenters. The van der Waals surface area contributed by atoms with Crippen molar-refractivity contribution in [2.75, 3.05) is 16.2 Å². The minimum absolute atomic E-state index is 0.101. The molecule has 3 rings (SSSR count). The van der Waals surface area contributed by atoms with Crippen LogP contribution in [0.2, 0.25) is 0 Å². The van der Waals surface area contributed by atoms with Crippen molar-refractivity contribution in [3.63, 3.8) is 0 Å². The van der Waals surface area contributed by atoms with E-state index in [-0.39, 0.29) is 16.6 Å². The maximum absolute atomic E-state index is 12.7. The summed E-state index contributed by atoms with van der Waals surface area (Å²) < 4.78 is 28.1. The number of hydrogen-bond donors (Lipinski definition) is 1. The number of nitrogens with zero attached hydrogens (tertiary/aromatic N) is 1. The highest BCUT2D eigenvalue weighted by Gasteiger charge is 2.34. The molecule has 24 heavy (non-hydrogen) atoms. The molecule has 132 valence electrons. The SMILES string of the molecule is CC1(C)CCC(S(=O)(=O)Nc2cccc(N3CCCC3=O)c2)CC1. The lowest BCUT2D eigenvalue weighted by atomic mass is 9.77. The van der Waals surface area contributed by atoms with Gasteiger partial charge in [-0.2, -0.15) is 0 Å². The Balaban J connectivity index is 1.72. The van der Waals surface area contributed by atoms with Crippen LogP contribution in [-0.4, -0.2) is 26.1 Å². The zero-order valence-corrected chi connectivity index (χ0v) is 15.2. The van der Waals surface area contributed by atoms with Gasteiger partial charge in [-0.15, -0.1) is 0 Å². The second-order valence-electron chi connectivity index (χ2n) is 7.71. The van der Waals surface area contributed by atoms with E-state index in [1.165, 1.54) is 0 Å². The predicted molar refractivity (Wildman–Crippen MR) is 96.6 cm³/mol. The normalized spacial score (nSPS) is 21.9. The Morgan fingerprint density at radius 2 is 1.92 bits per heavy atom. The summed E-state index contributed by atoms with van der Waals surface area (Å²) in [4.78, 5) is 13.6. The van der Waals surface area contributed by atoms with Crippen molar-refractivity contribution in [2.24, 2.45) is 5.41 Å². The minimum atomic E-state index is -3.39. The summed E-state index contributed by atoms with van der Waals surface area (Å²) in [5, 5.41) is -0.331. The van der Waals surface area contributed by atoms with Crippen molar-refractivity contribution in [1.29, 1.82) is 0 Å². The van der Waals surface area contributed by atoms with E-state index < -0.39 is 10.0 Å². The van der Waals surface area contributed by atoms with E-state index >= 15 is 0 Å². The van der Waals surface area contributed by atoms with Gasteiger partial charge in [0.1, 0.15) is 0 Å². The number of anilines is 2. The number of carbonyl (C=O) groups excluding carboxylic acids is 1. The van der Waals surface area contributed by atoms with E-state index in [0.29, 0.717) is 31.5 Å². The molecule has 1 N–H and O–H groups in total. The highest BCUT2D eigenvalue weighted by molar-refractivity contribution is 7.93. The zero-order valence-electron chi connectivity index (χ0n) is 14.4. The number of benzene rings is 1. The first kappa shape index (κ1) is 17.3. The third-order valence-electron chi connectivity index (χ3n) is 5.22. The summed E-state index contributed by atoms with van der Waals surface area (Å²) in [5.74, 6) is 0.101. The van der Waals surface area contributed by atoms with Crippen LogP contribution in [0.3, 0.4) is 0 Å². The molecule has 2 aliphatic rings. The lowest BCUT2D eigenvalue weighted by Crippen LogP contribution is -2.34. The molecule has 0 unspecified atom stereocenters.